The molecule has 0 saturated heterocycles. The molecule has 0 N–H and O–H groups in total. The molecule has 3 aromatic rings. The van der Waals surface area contributed by atoms with Crippen molar-refractivity contribution in [2.75, 3.05) is 6.61 Å². The second kappa shape index (κ2) is 5.37. The molecule has 1 aromatic heterocycles. The maximum Gasteiger partial charge on any atom is 0.128 e. The molecule has 0 unspecified atom stereocenters. The summed E-state index contributed by atoms with van der Waals surface area (Å²) in [4.78, 5) is 0. The first kappa shape index (κ1) is 12.7. The second-order valence-electron chi connectivity index (χ2n) is 4.66. The maximum absolute atomic E-state index is 13.7. The summed E-state index contributed by atoms with van der Waals surface area (Å²) in [5, 5.41) is 1.06. The molecule has 102 valence electrons. The Morgan fingerprint density at radius 3 is 2.70 bits per heavy atom. The molecule has 1 heterocycles. The lowest BCUT2D eigenvalue weighted by atomic mass is 10.2. The average molecular weight is 269 g/mol. The fourth-order valence-corrected chi connectivity index (χ4v) is 2.42. The summed E-state index contributed by atoms with van der Waals surface area (Å²) >= 11 is 0. The molecule has 0 radical (unpaired) electrons. The van der Waals surface area contributed by atoms with Crippen molar-refractivity contribution in [3.63, 3.8) is 0 Å². The van der Waals surface area contributed by atoms with E-state index in [0.717, 1.165) is 16.7 Å². The minimum atomic E-state index is -0.171. The number of hydrogen-bond acceptors (Lipinski definition) is 1. The van der Waals surface area contributed by atoms with Gasteiger partial charge in [-0.15, -0.1) is 0 Å². The van der Waals surface area contributed by atoms with Gasteiger partial charge in [-0.25, -0.2) is 4.39 Å². The van der Waals surface area contributed by atoms with Gasteiger partial charge in [0.05, 0.1) is 18.7 Å². The lowest BCUT2D eigenvalue weighted by Gasteiger charge is -2.08. The normalized spacial score (nSPS) is 10.9. The standard InChI is InChI=1S/C17H16FNO/c1-2-20-17-9-5-8-16-14(17)10-11-19(16)12-13-6-3-4-7-15(13)18/h3-11H,2,12H2,1H3. The molecule has 2 nitrogen and oxygen atoms in total. The van der Waals surface area contributed by atoms with Gasteiger partial charge in [0.15, 0.2) is 0 Å². The topological polar surface area (TPSA) is 14.2 Å². The third kappa shape index (κ3) is 2.27. The van der Waals surface area contributed by atoms with Gasteiger partial charge in [0.2, 0.25) is 0 Å². The first-order valence-electron chi connectivity index (χ1n) is 6.73. The summed E-state index contributed by atoms with van der Waals surface area (Å²) in [6.45, 7) is 3.12. The fraction of sp³-hybridized carbons (Fsp3) is 0.176. The van der Waals surface area contributed by atoms with E-state index >= 15 is 0 Å². The lowest BCUT2D eigenvalue weighted by Crippen LogP contribution is -2.00. The van der Waals surface area contributed by atoms with Gasteiger partial charge < -0.3 is 9.30 Å². The minimum absolute atomic E-state index is 0.171. The van der Waals surface area contributed by atoms with Gasteiger partial charge in [-0.3, -0.25) is 0 Å². The van der Waals surface area contributed by atoms with Crippen LogP contribution in [0.3, 0.4) is 0 Å². The van der Waals surface area contributed by atoms with Crippen LogP contribution in [0.15, 0.2) is 54.7 Å². The zero-order chi connectivity index (χ0) is 13.9. The molecule has 3 rings (SSSR count). The molecular weight excluding hydrogens is 253 g/mol. The van der Waals surface area contributed by atoms with Crippen LogP contribution >= 0.6 is 0 Å². The van der Waals surface area contributed by atoms with E-state index in [2.05, 4.69) is 0 Å². The number of benzene rings is 2. The summed E-state index contributed by atoms with van der Waals surface area (Å²) in [7, 11) is 0. The van der Waals surface area contributed by atoms with Gasteiger partial charge in [0.1, 0.15) is 11.6 Å². The molecule has 0 saturated carbocycles. The summed E-state index contributed by atoms with van der Waals surface area (Å²) in [5.41, 5.74) is 1.74. The number of fused-ring (bicyclic) bond motifs is 1. The minimum Gasteiger partial charge on any atom is -0.493 e. The van der Waals surface area contributed by atoms with E-state index < -0.39 is 0 Å². The van der Waals surface area contributed by atoms with Crippen LogP contribution in [0.4, 0.5) is 4.39 Å². The predicted molar refractivity (Wildman–Crippen MR) is 78.6 cm³/mol. The number of ether oxygens (including phenoxy) is 1. The van der Waals surface area contributed by atoms with Crippen LogP contribution in [0, 0.1) is 5.82 Å². The van der Waals surface area contributed by atoms with Crippen LogP contribution in [0.1, 0.15) is 12.5 Å². The van der Waals surface area contributed by atoms with Gasteiger partial charge in [0.25, 0.3) is 0 Å². The highest BCUT2D eigenvalue weighted by atomic mass is 19.1. The Morgan fingerprint density at radius 1 is 1.05 bits per heavy atom. The largest absolute Gasteiger partial charge is 0.493 e. The average Bonchev–Trinajstić information content (AvgIpc) is 2.86. The van der Waals surface area contributed by atoms with Crippen LogP contribution < -0.4 is 4.74 Å². The molecule has 0 amide bonds. The zero-order valence-corrected chi connectivity index (χ0v) is 11.3. The van der Waals surface area contributed by atoms with E-state index in [0.29, 0.717) is 18.7 Å². The number of halogens is 1. The lowest BCUT2D eigenvalue weighted by molar-refractivity contribution is 0.344. The molecule has 0 aliphatic carbocycles. The Bertz CT molecular complexity index is 733. The van der Waals surface area contributed by atoms with Crippen molar-refractivity contribution in [1.82, 2.24) is 4.57 Å². The van der Waals surface area contributed by atoms with E-state index in [1.807, 2.05) is 54.1 Å². The number of hydrogen-bond donors (Lipinski definition) is 0. The maximum atomic E-state index is 13.7. The Hall–Kier alpha value is -2.29. The Labute approximate surface area is 117 Å². The fourth-order valence-electron chi connectivity index (χ4n) is 2.42. The van der Waals surface area contributed by atoms with Crippen molar-refractivity contribution < 1.29 is 9.13 Å². The highest BCUT2D eigenvalue weighted by Gasteiger charge is 2.08. The van der Waals surface area contributed by atoms with Crippen LogP contribution in [-0.2, 0) is 6.54 Å². The van der Waals surface area contributed by atoms with E-state index in [-0.39, 0.29) is 5.82 Å². The molecule has 0 atom stereocenters. The van der Waals surface area contributed by atoms with E-state index in [9.17, 15) is 4.39 Å². The second-order valence-corrected chi connectivity index (χ2v) is 4.66. The summed E-state index contributed by atoms with van der Waals surface area (Å²) in [6, 6.07) is 14.8. The van der Waals surface area contributed by atoms with Crippen molar-refractivity contribution in [3.8, 4) is 5.75 Å². The van der Waals surface area contributed by atoms with Crippen molar-refractivity contribution in [1.29, 1.82) is 0 Å². The Balaban J connectivity index is 2.01. The predicted octanol–water partition coefficient (Wildman–Crippen LogP) is 4.23. The third-order valence-corrected chi connectivity index (χ3v) is 3.37. The number of aromatic nitrogens is 1. The summed E-state index contributed by atoms with van der Waals surface area (Å²) in [5.74, 6) is 0.701. The molecule has 3 heteroatoms. The van der Waals surface area contributed by atoms with Crippen molar-refractivity contribution in [3.05, 3.63) is 66.1 Å². The molecular formula is C17H16FNO. The van der Waals surface area contributed by atoms with Crippen LogP contribution in [0.5, 0.6) is 5.75 Å². The highest BCUT2D eigenvalue weighted by molar-refractivity contribution is 5.86. The molecule has 0 spiro atoms. The van der Waals surface area contributed by atoms with Gasteiger partial charge in [-0.05, 0) is 31.2 Å². The van der Waals surface area contributed by atoms with Crippen LogP contribution in [-0.4, -0.2) is 11.2 Å². The molecule has 0 aliphatic rings. The molecule has 0 aliphatic heterocycles. The van der Waals surface area contributed by atoms with Crippen molar-refractivity contribution in [2.45, 2.75) is 13.5 Å². The molecule has 20 heavy (non-hydrogen) atoms. The SMILES string of the molecule is CCOc1cccc2c1ccn2Cc1ccccc1F. The van der Waals surface area contributed by atoms with Gasteiger partial charge in [0, 0.05) is 17.1 Å². The number of rotatable bonds is 4. The first-order valence-corrected chi connectivity index (χ1v) is 6.73. The smallest absolute Gasteiger partial charge is 0.128 e. The quantitative estimate of drug-likeness (QED) is 0.691. The first-order chi connectivity index (χ1) is 9.79. The monoisotopic (exact) mass is 269 g/mol. The van der Waals surface area contributed by atoms with Crippen LogP contribution in [0.2, 0.25) is 0 Å². The van der Waals surface area contributed by atoms with E-state index in [1.165, 1.54) is 6.07 Å². The van der Waals surface area contributed by atoms with Crippen molar-refractivity contribution >= 4 is 10.9 Å². The Kier molecular flexibility index (Phi) is 3.42. The third-order valence-electron chi connectivity index (χ3n) is 3.37. The summed E-state index contributed by atoms with van der Waals surface area (Å²) < 4.78 is 21.4. The van der Waals surface area contributed by atoms with E-state index in [1.54, 1.807) is 6.07 Å². The van der Waals surface area contributed by atoms with Crippen LogP contribution in [0.25, 0.3) is 10.9 Å². The zero-order valence-electron chi connectivity index (χ0n) is 11.3. The van der Waals surface area contributed by atoms with Gasteiger partial charge in [-0.2, -0.15) is 0 Å². The molecule has 0 bridgehead atoms. The van der Waals surface area contributed by atoms with Gasteiger partial charge >= 0.3 is 0 Å². The van der Waals surface area contributed by atoms with Gasteiger partial charge in [-0.1, -0.05) is 24.3 Å². The summed E-state index contributed by atoms with van der Waals surface area (Å²) in [6.07, 6.45) is 1.97. The Morgan fingerprint density at radius 2 is 1.90 bits per heavy atom. The highest BCUT2D eigenvalue weighted by Crippen LogP contribution is 2.27. The van der Waals surface area contributed by atoms with E-state index in [4.69, 9.17) is 4.74 Å². The molecule has 0 fully saturated rings. The molecule has 2 aromatic carbocycles. The van der Waals surface area contributed by atoms with Crippen molar-refractivity contribution in [2.24, 2.45) is 0 Å². The number of nitrogens with zero attached hydrogens (tertiary/aromatic N) is 1.